The zero-order valence-electron chi connectivity index (χ0n) is 16.1. The monoisotopic (exact) mass is 369 g/mol. The molecule has 0 atom stereocenters. The number of esters is 1. The second kappa shape index (κ2) is 9.88. The summed E-state index contributed by atoms with van der Waals surface area (Å²) in [6, 6.07) is 18.4. The summed E-state index contributed by atoms with van der Waals surface area (Å²) in [6.45, 7) is 6.31. The first-order valence-electron chi connectivity index (χ1n) is 9.19. The van der Waals surface area contributed by atoms with E-state index in [0.29, 0.717) is 30.2 Å². The average molecular weight is 369 g/mol. The summed E-state index contributed by atoms with van der Waals surface area (Å²) in [7, 11) is 0. The molecule has 0 fully saturated rings. The summed E-state index contributed by atoms with van der Waals surface area (Å²) in [5, 5.41) is 2.74. The molecule has 1 amide bonds. The van der Waals surface area contributed by atoms with Gasteiger partial charge in [0.05, 0.1) is 0 Å². The maximum atomic E-state index is 13.2. The smallest absolute Gasteiger partial charge is 0.348 e. The molecule has 0 aliphatic rings. The Morgan fingerprint density at radius 2 is 1.48 bits per heavy atom. The number of ether oxygens (including phenoxy) is 2. The fraction of sp³-hybridized carbons (Fsp3) is 0.364. The number of amides is 1. The van der Waals surface area contributed by atoms with Crippen molar-refractivity contribution in [3.63, 3.8) is 0 Å². The lowest BCUT2D eigenvalue weighted by Gasteiger charge is -2.32. The van der Waals surface area contributed by atoms with Crippen molar-refractivity contribution in [3.8, 4) is 0 Å². The van der Waals surface area contributed by atoms with Crippen molar-refractivity contribution < 1.29 is 19.1 Å². The molecule has 0 saturated heterocycles. The van der Waals surface area contributed by atoms with Gasteiger partial charge in [0.2, 0.25) is 5.60 Å². The van der Waals surface area contributed by atoms with E-state index in [1.807, 2.05) is 81.4 Å². The van der Waals surface area contributed by atoms with E-state index in [0.717, 1.165) is 0 Å². The summed E-state index contributed by atoms with van der Waals surface area (Å²) in [5.74, 6) is -0.620. The van der Waals surface area contributed by atoms with E-state index in [-0.39, 0.29) is 12.5 Å². The first-order chi connectivity index (χ1) is 13.0. The Balaban J connectivity index is 2.32. The van der Waals surface area contributed by atoms with Gasteiger partial charge in [0, 0.05) is 13.2 Å². The zero-order chi connectivity index (χ0) is 19.7. The molecule has 5 heteroatoms. The van der Waals surface area contributed by atoms with E-state index in [9.17, 15) is 9.59 Å². The third-order valence-corrected chi connectivity index (χ3v) is 4.05. The third kappa shape index (κ3) is 5.17. The van der Waals surface area contributed by atoms with Gasteiger partial charge in [-0.05, 0) is 24.0 Å². The van der Waals surface area contributed by atoms with E-state index in [2.05, 4.69) is 5.32 Å². The van der Waals surface area contributed by atoms with Crippen LogP contribution in [-0.2, 0) is 24.7 Å². The Labute approximate surface area is 160 Å². The van der Waals surface area contributed by atoms with Crippen LogP contribution in [0.25, 0.3) is 0 Å². The molecule has 2 rings (SSSR count). The van der Waals surface area contributed by atoms with E-state index < -0.39 is 11.6 Å². The van der Waals surface area contributed by atoms with Gasteiger partial charge >= 0.3 is 5.97 Å². The van der Waals surface area contributed by atoms with Crippen LogP contribution in [0.5, 0.6) is 0 Å². The molecule has 1 N–H and O–H groups in total. The Bertz CT molecular complexity index is 689. The van der Waals surface area contributed by atoms with Crippen LogP contribution in [0.2, 0.25) is 0 Å². The highest BCUT2D eigenvalue weighted by atomic mass is 16.6. The van der Waals surface area contributed by atoms with Gasteiger partial charge in [-0.2, -0.15) is 0 Å². The van der Waals surface area contributed by atoms with Gasteiger partial charge in [-0.15, -0.1) is 0 Å². The fourth-order valence-corrected chi connectivity index (χ4v) is 2.79. The Morgan fingerprint density at radius 3 is 1.93 bits per heavy atom. The Hall–Kier alpha value is -2.66. The van der Waals surface area contributed by atoms with Crippen LogP contribution in [0, 0.1) is 5.92 Å². The number of nitrogens with one attached hydrogen (secondary N) is 1. The van der Waals surface area contributed by atoms with Gasteiger partial charge in [0.25, 0.3) is 5.91 Å². The molecule has 0 aliphatic heterocycles. The van der Waals surface area contributed by atoms with Crippen LogP contribution in [0.3, 0.4) is 0 Å². The summed E-state index contributed by atoms with van der Waals surface area (Å²) in [5.41, 5.74) is -0.105. The molecule has 0 radical (unpaired) electrons. The molecule has 0 aliphatic carbocycles. The quantitative estimate of drug-likeness (QED) is 0.689. The third-order valence-electron chi connectivity index (χ3n) is 4.05. The number of carbonyl (C=O) groups is 2. The lowest BCUT2D eigenvalue weighted by molar-refractivity contribution is -0.170. The number of hydrogen-bond donors (Lipinski definition) is 1. The molecular formula is C22H27NO4. The highest BCUT2D eigenvalue weighted by molar-refractivity contribution is 5.88. The molecule has 0 saturated carbocycles. The van der Waals surface area contributed by atoms with Crippen LogP contribution in [0.15, 0.2) is 60.7 Å². The predicted molar refractivity (Wildman–Crippen MR) is 104 cm³/mol. The van der Waals surface area contributed by atoms with Crippen molar-refractivity contribution in [2.75, 3.05) is 19.8 Å². The van der Waals surface area contributed by atoms with E-state index >= 15 is 0 Å². The fourth-order valence-electron chi connectivity index (χ4n) is 2.79. The van der Waals surface area contributed by atoms with Crippen molar-refractivity contribution in [2.45, 2.75) is 26.4 Å². The summed E-state index contributed by atoms with van der Waals surface area (Å²) in [4.78, 5) is 25.2. The van der Waals surface area contributed by atoms with Crippen LogP contribution in [0.4, 0.5) is 0 Å². The molecule has 2 aromatic carbocycles. The number of benzene rings is 2. The van der Waals surface area contributed by atoms with Gasteiger partial charge in [0.1, 0.15) is 0 Å². The summed E-state index contributed by atoms with van der Waals surface area (Å²) in [6.07, 6.45) is 0. The average Bonchev–Trinajstić information content (AvgIpc) is 2.70. The minimum atomic E-state index is -1.42. The normalized spacial score (nSPS) is 11.3. The first kappa shape index (κ1) is 20.6. The second-order valence-electron chi connectivity index (χ2n) is 6.62. The first-order valence-corrected chi connectivity index (χ1v) is 9.19. The topological polar surface area (TPSA) is 64.6 Å². The molecule has 0 heterocycles. The van der Waals surface area contributed by atoms with Crippen LogP contribution < -0.4 is 5.32 Å². The summed E-state index contributed by atoms with van der Waals surface area (Å²) >= 11 is 0. The maximum absolute atomic E-state index is 13.2. The van der Waals surface area contributed by atoms with Crippen molar-refractivity contribution in [1.29, 1.82) is 0 Å². The molecule has 144 valence electrons. The number of hydrogen-bond acceptors (Lipinski definition) is 4. The molecule has 0 unspecified atom stereocenters. The number of carbonyl (C=O) groups excluding carboxylic acids is 2. The minimum Gasteiger partial charge on any atom is -0.453 e. The number of rotatable bonds is 9. The van der Waals surface area contributed by atoms with Crippen molar-refractivity contribution in [3.05, 3.63) is 71.8 Å². The highest BCUT2D eigenvalue weighted by Gasteiger charge is 2.45. The molecule has 0 aromatic heterocycles. The second-order valence-corrected chi connectivity index (χ2v) is 6.62. The Kier molecular flexibility index (Phi) is 7.55. The predicted octanol–water partition coefficient (Wildman–Crippen LogP) is 3.28. The van der Waals surface area contributed by atoms with Crippen LogP contribution >= 0.6 is 0 Å². The van der Waals surface area contributed by atoms with Crippen molar-refractivity contribution in [2.24, 2.45) is 5.92 Å². The standard InChI is InChI=1S/C22H27NO4/c1-4-27-22(18-11-7-5-8-12-18,19-13-9-6-10-14-19)21(25)26-16-20(24)23-15-17(2)3/h5-14,17H,4,15-16H2,1-3H3,(H,23,24). The van der Waals surface area contributed by atoms with E-state index in [1.54, 1.807) is 0 Å². The lowest BCUT2D eigenvalue weighted by Crippen LogP contribution is -2.43. The zero-order valence-corrected chi connectivity index (χ0v) is 16.1. The molecule has 27 heavy (non-hydrogen) atoms. The maximum Gasteiger partial charge on any atom is 0.348 e. The van der Waals surface area contributed by atoms with Gasteiger partial charge in [-0.1, -0.05) is 74.5 Å². The molecule has 2 aromatic rings. The molecular weight excluding hydrogens is 342 g/mol. The molecule has 0 spiro atoms. The Morgan fingerprint density at radius 1 is 0.963 bits per heavy atom. The van der Waals surface area contributed by atoms with Gasteiger partial charge in [-0.3, -0.25) is 4.79 Å². The van der Waals surface area contributed by atoms with Crippen LogP contribution in [-0.4, -0.2) is 31.6 Å². The van der Waals surface area contributed by atoms with Gasteiger partial charge < -0.3 is 14.8 Å². The van der Waals surface area contributed by atoms with E-state index in [4.69, 9.17) is 9.47 Å². The van der Waals surface area contributed by atoms with Crippen molar-refractivity contribution in [1.82, 2.24) is 5.32 Å². The molecule has 0 bridgehead atoms. The van der Waals surface area contributed by atoms with E-state index in [1.165, 1.54) is 0 Å². The largest absolute Gasteiger partial charge is 0.453 e. The summed E-state index contributed by atoms with van der Waals surface area (Å²) < 4.78 is 11.4. The SMILES string of the molecule is CCOC(C(=O)OCC(=O)NCC(C)C)(c1ccccc1)c1ccccc1. The highest BCUT2D eigenvalue weighted by Crippen LogP contribution is 2.35. The molecule has 5 nitrogen and oxygen atoms in total. The van der Waals surface area contributed by atoms with Gasteiger partial charge in [0.15, 0.2) is 6.61 Å². The van der Waals surface area contributed by atoms with Crippen LogP contribution in [0.1, 0.15) is 31.9 Å². The minimum absolute atomic E-state index is 0.304. The lowest BCUT2D eigenvalue weighted by atomic mass is 9.86. The van der Waals surface area contributed by atoms with Gasteiger partial charge in [-0.25, -0.2) is 4.79 Å². The van der Waals surface area contributed by atoms with Crippen molar-refractivity contribution >= 4 is 11.9 Å².